The molecule has 0 aliphatic carbocycles. The van der Waals surface area contributed by atoms with Crippen LogP contribution in [0.1, 0.15) is 28.3 Å². The van der Waals surface area contributed by atoms with Crippen molar-refractivity contribution in [2.45, 2.75) is 17.8 Å². The van der Waals surface area contributed by atoms with Gasteiger partial charge in [-0.05, 0) is 11.6 Å². The van der Waals surface area contributed by atoms with Crippen LogP contribution in [0.25, 0.3) is 0 Å². The maximum atomic E-state index is 15.1. The van der Waals surface area contributed by atoms with Crippen molar-refractivity contribution in [1.29, 1.82) is 0 Å². The molecule has 2 unspecified atom stereocenters. The lowest BCUT2D eigenvalue weighted by molar-refractivity contribution is 0.252. The Balaban J connectivity index is 1.96. The number of nitrogens with one attached hydrogen (secondary N) is 1. The van der Waals surface area contributed by atoms with Crippen LogP contribution in [-0.2, 0) is 14.8 Å². The molecule has 1 N–H and O–H groups in total. The molecule has 0 amide bonds. The molecule has 2 atom stereocenters. The van der Waals surface area contributed by atoms with Gasteiger partial charge in [-0.15, -0.1) is 11.3 Å². The number of nitrogens with zero attached hydrogens (tertiary/aromatic N) is 1. The van der Waals surface area contributed by atoms with Gasteiger partial charge in [-0.25, -0.2) is 22.2 Å². The fraction of sp³-hybridized carbons (Fsp3) is 0.400. The minimum absolute atomic E-state index is 0.0945. The molecule has 4 nitrogen and oxygen atoms in total. The molecule has 0 radical (unpaired) electrons. The fourth-order valence-electron chi connectivity index (χ4n) is 2.57. The first-order valence-corrected chi connectivity index (χ1v) is 9.64. The Hall–Kier alpha value is -1.38. The van der Waals surface area contributed by atoms with Gasteiger partial charge < -0.3 is 5.32 Å². The summed E-state index contributed by atoms with van der Waals surface area (Å²) in [6, 6.07) is 6.34. The smallest absolute Gasteiger partial charge is 0.273 e. The molecule has 23 heavy (non-hydrogen) atoms. The van der Waals surface area contributed by atoms with Crippen molar-refractivity contribution in [3.8, 4) is 0 Å². The summed E-state index contributed by atoms with van der Waals surface area (Å²) in [4.78, 5) is 4.61. The number of benzene rings is 1. The van der Waals surface area contributed by atoms with Crippen LogP contribution in [0.5, 0.6) is 0 Å². The Morgan fingerprint density at radius 3 is 2.83 bits per heavy atom. The highest BCUT2D eigenvalue weighted by atomic mass is 32.2. The first-order chi connectivity index (χ1) is 10.8. The van der Waals surface area contributed by atoms with Crippen LogP contribution in [0.4, 0.5) is 8.78 Å². The van der Waals surface area contributed by atoms with Crippen LogP contribution < -0.4 is 5.32 Å². The number of hydrogen-bond donors (Lipinski definition) is 1. The summed E-state index contributed by atoms with van der Waals surface area (Å²) in [6.45, 7) is 1.71. The van der Waals surface area contributed by atoms with Gasteiger partial charge >= 0.3 is 0 Å². The number of thiazole rings is 1. The van der Waals surface area contributed by atoms with Crippen molar-refractivity contribution < 1.29 is 17.2 Å². The number of rotatable bonds is 3. The normalized spacial score (nSPS) is 25.2. The van der Waals surface area contributed by atoms with E-state index in [1.54, 1.807) is 25.1 Å². The molecular weight excluding hydrogens is 342 g/mol. The van der Waals surface area contributed by atoms with Crippen molar-refractivity contribution in [2.75, 3.05) is 18.8 Å². The lowest BCUT2D eigenvalue weighted by Crippen LogP contribution is -2.49. The molecule has 2 heterocycles. The van der Waals surface area contributed by atoms with E-state index < -0.39 is 14.8 Å². The molecule has 1 saturated heterocycles. The molecule has 2 aromatic rings. The zero-order valence-corrected chi connectivity index (χ0v) is 14.1. The maximum Gasteiger partial charge on any atom is 0.273 e. The summed E-state index contributed by atoms with van der Waals surface area (Å²) in [5.74, 6) is -0.941. The molecule has 3 rings (SSSR count). The number of hydrogen-bond acceptors (Lipinski definition) is 5. The molecule has 0 bridgehead atoms. The van der Waals surface area contributed by atoms with Crippen molar-refractivity contribution in [3.05, 3.63) is 51.7 Å². The van der Waals surface area contributed by atoms with Gasteiger partial charge in [0.1, 0.15) is 10.8 Å². The second kappa shape index (κ2) is 5.92. The zero-order chi connectivity index (χ0) is 16.7. The summed E-state index contributed by atoms with van der Waals surface area (Å²) >= 11 is 0.980. The lowest BCUT2D eigenvalue weighted by Gasteiger charge is -2.28. The number of sulfone groups is 1. The maximum absolute atomic E-state index is 15.1. The van der Waals surface area contributed by atoms with Gasteiger partial charge in [0.05, 0.1) is 12.3 Å². The molecule has 1 aliphatic heterocycles. The van der Waals surface area contributed by atoms with E-state index in [9.17, 15) is 12.8 Å². The molecular formula is C15H16F2N2O2S2. The first-order valence-electron chi connectivity index (χ1n) is 7.18. The first kappa shape index (κ1) is 16.5. The molecule has 0 saturated carbocycles. The molecule has 0 spiro atoms. The van der Waals surface area contributed by atoms with Crippen LogP contribution >= 0.6 is 11.3 Å². The minimum atomic E-state index is -3.92. The second-order valence-electron chi connectivity index (χ2n) is 5.54. The number of alkyl halides is 1. The molecule has 124 valence electrons. The quantitative estimate of drug-likeness (QED) is 0.916. The van der Waals surface area contributed by atoms with Gasteiger partial charge in [0.15, 0.2) is 9.84 Å². The van der Waals surface area contributed by atoms with Crippen LogP contribution in [0, 0.1) is 5.82 Å². The minimum Gasteiger partial charge on any atom is -0.311 e. The predicted octanol–water partition coefficient (Wildman–Crippen LogP) is 2.57. The SMILES string of the molecule is CC(c1cnc(C2(F)CNCCS2(=O)=O)s1)c1ccccc1F. The van der Waals surface area contributed by atoms with E-state index in [-0.39, 0.29) is 35.6 Å². The van der Waals surface area contributed by atoms with Crippen LogP contribution in [0.2, 0.25) is 0 Å². The van der Waals surface area contributed by atoms with Gasteiger partial charge in [0.25, 0.3) is 5.00 Å². The molecule has 1 fully saturated rings. The monoisotopic (exact) mass is 358 g/mol. The van der Waals surface area contributed by atoms with E-state index >= 15 is 4.39 Å². The molecule has 1 aromatic carbocycles. The predicted molar refractivity (Wildman–Crippen MR) is 85.5 cm³/mol. The van der Waals surface area contributed by atoms with E-state index in [4.69, 9.17) is 0 Å². The summed E-state index contributed by atoms with van der Waals surface area (Å²) in [6.07, 6.45) is 1.43. The summed E-state index contributed by atoms with van der Waals surface area (Å²) in [5.41, 5.74) is 0.472. The third-order valence-electron chi connectivity index (χ3n) is 4.03. The average Bonchev–Trinajstić information content (AvgIpc) is 3.00. The van der Waals surface area contributed by atoms with Gasteiger partial charge in [-0.2, -0.15) is 0 Å². The third-order valence-corrected chi connectivity index (χ3v) is 7.55. The molecule has 1 aliphatic rings. The van der Waals surface area contributed by atoms with E-state index in [0.29, 0.717) is 10.4 Å². The van der Waals surface area contributed by atoms with E-state index in [1.807, 2.05) is 0 Å². The standard InChI is InChI=1S/C15H16F2N2O2S2/c1-10(11-4-2-3-5-12(11)16)13-8-19-14(22-13)15(17)9-18-6-7-23(15,20)21/h2-5,8,10,18H,6-7,9H2,1H3. The summed E-state index contributed by atoms with van der Waals surface area (Å²) in [7, 11) is -3.92. The van der Waals surface area contributed by atoms with Gasteiger partial charge in [0, 0.05) is 23.5 Å². The molecule has 1 aromatic heterocycles. The van der Waals surface area contributed by atoms with Crippen molar-refractivity contribution in [3.63, 3.8) is 0 Å². The zero-order valence-electron chi connectivity index (χ0n) is 12.4. The Bertz CT molecular complexity index is 822. The van der Waals surface area contributed by atoms with Crippen molar-refractivity contribution in [2.24, 2.45) is 0 Å². The van der Waals surface area contributed by atoms with Crippen molar-refractivity contribution >= 4 is 21.2 Å². The Morgan fingerprint density at radius 1 is 1.39 bits per heavy atom. The van der Waals surface area contributed by atoms with Gasteiger partial charge in [-0.3, -0.25) is 0 Å². The van der Waals surface area contributed by atoms with Crippen molar-refractivity contribution in [1.82, 2.24) is 10.3 Å². The van der Waals surface area contributed by atoms with Crippen LogP contribution in [0.3, 0.4) is 0 Å². The van der Waals surface area contributed by atoms with E-state index in [2.05, 4.69) is 10.3 Å². The van der Waals surface area contributed by atoms with E-state index in [0.717, 1.165) is 11.3 Å². The molecule has 8 heteroatoms. The Kier molecular flexibility index (Phi) is 4.24. The fourth-order valence-corrected chi connectivity index (χ4v) is 5.42. The highest BCUT2D eigenvalue weighted by Crippen LogP contribution is 2.39. The Morgan fingerprint density at radius 2 is 2.13 bits per heavy atom. The van der Waals surface area contributed by atoms with E-state index in [1.165, 1.54) is 12.3 Å². The highest BCUT2D eigenvalue weighted by molar-refractivity contribution is 7.92. The summed E-state index contributed by atoms with van der Waals surface area (Å²) in [5, 5.41) is 0.156. The van der Waals surface area contributed by atoms with Crippen LogP contribution in [0.15, 0.2) is 30.5 Å². The number of halogens is 2. The Labute approximate surface area is 137 Å². The largest absolute Gasteiger partial charge is 0.311 e. The van der Waals surface area contributed by atoms with Gasteiger partial charge in [-0.1, -0.05) is 25.1 Å². The number of aromatic nitrogens is 1. The summed E-state index contributed by atoms with van der Waals surface area (Å²) < 4.78 is 53.2. The van der Waals surface area contributed by atoms with Crippen LogP contribution in [-0.4, -0.2) is 32.2 Å². The van der Waals surface area contributed by atoms with Gasteiger partial charge in [0.2, 0.25) is 0 Å². The second-order valence-corrected chi connectivity index (χ2v) is 8.88. The average molecular weight is 358 g/mol. The lowest BCUT2D eigenvalue weighted by atomic mass is 10.00. The highest BCUT2D eigenvalue weighted by Gasteiger charge is 2.50. The third kappa shape index (κ3) is 2.79. The topological polar surface area (TPSA) is 59.1 Å².